The van der Waals surface area contributed by atoms with E-state index in [0.717, 1.165) is 13.1 Å². The Kier molecular flexibility index (Phi) is 5.00. The second-order valence-electron chi connectivity index (χ2n) is 6.41. The minimum Gasteiger partial charge on any atom is -0.324 e. The molecule has 106 valence electrons. The van der Waals surface area contributed by atoms with Gasteiger partial charge < -0.3 is 5.73 Å². The first-order valence-corrected chi connectivity index (χ1v) is 7.66. The maximum atomic E-state index is 6.61. The van der Waals surface area contributed by atoms with Crippen molar-refractivity contribution in [2.24, 2.45) is 5.73 Å². The van der Waals surface area contributed by atoms with Crippen molar-refractivity contribution < 1.29 is 0 Å². The van der Waals surface area contributed by atoms with E-state index in [4.69, 9.17) is 5.73 Å². The van der Waals surface area contributed by atoms with Crippen molar-refractivity contribution in [1.82, 2.24) is 4.90 Å². The third-order valence-corrected chi connectivity index (χ3v) is 4.33. The van der Waals surface area contributed by atoms with E-state index in [9.17, 15) is 0 Å². The first-order valence-electron chi connectivity index (χ1n) is 7.66. The van der Waals surface area contributed by atoms with Crippen LogP contribution in [0.15, 0.2) is 30.3 Å². The van der Waals surface area contributed by atoms with Gasteiger partial charge in [0, 0.05) is 24.7 Å². The van der Waals surface area contributed by atoms with Crippen molar-refractivity contribution in [3.8, 4) is 0 Å². The number of hydrogen-bond donors (Lipinski definition) is 1. The van der Waals surface area contributed by atoms with Gasteiger partial charge in [0.05, 0.1) is 0 Å². The van der Waals surface area contributed by atoms with Gasteiger partial charge in [0.2, 0.25) is 0 Å². The number of nitrogens with zero attached hydrogens (tertiary/aromatic N) is 1. The molecule has 0 spiro atoms. The van der Waals surface area contributed by atoms with Crippen molar-refractivity contribution in [1.29, 1.82) is 0 Å². The lowest BCUT2D eigenvalue weighted by Crippen LogP contribution is -2.52. The number of nitrogens with two attached hydrogens (primary N) is 1. The summed E-state index contributed by atoms with van der Waals surface area (Å²) in [6.45, 7) is 6.58. The molecule has 0 aliphatic heterocycles. The van der Waals surface area contributed by atoms with Crippen molar-refractivity contribution in [3.63, 3.8) is 0 Å². The van der Waals surface area contributed by atoms with Crippen LogP contribution in [0.4, 0.5) is 0 Å². The molecule has 1 aromatic carbocycles. The van der Waals surface area contributed by atoms with Crippen LogP contribution in [0.3, 0.4) is 0 Å². The highest BCUT2D eigenvalue weighted by molar-refractivity contribution is 5.14. The first kappa shape index (κ1) is 14.5. The highest BCUT2D eigenvalue weighted by Gasteiger charge is 2.30. The van der Waals surface area contributed by atoms with Gasteiger partial charge in [-0.3, -0.25) is 4.90 Å². The second-order valence-corrected chi connectivity index (χ2v) is 6.41. The molecule has 19 heavy (non-hydrogen) atoms. The maximum absolute atomic E-state index is 6.61. The quantitative estimate of drug-likeness (QED) is 0.877. The summed E-state index contributed by atoms with van der Waals surface area (Å²) in [5.74, 6) is 0. The summed E-state index contributed by atoms with van der Waals surface area (Å²) in [4.78, 5) is 2.53. The molecule has 1 aliphatic carbocycles. The summed E-state index contributed by atoms with van der Waals surface area (Å²) >= 11 is 0. The fraction of sp³-hybridized carbons (Fsp3) is 0.647. The third-order valence-electron chi connectivity index (χ3n) is 4.33. The Morgan fingerprint density at radius 3 is 2.32 bits per heavy atom. The SMILES string of the molecule is CC(C)N(Cc1ccccc1)CC1(N)CCCCC1. The van der Waals surface area contributed by atoms with E-state index < -0.39 is 0 Å². The van der Waals surface area contributed by atoms with Crippen LogP contribution in [0.2, 0.25) is 0 Å². The lowest BCUT2D eigenvalue weighted by Gasteiger charge is -2.40. The molecule has 0 unspecified atom stereocenters. The molecular weight excluding hydrogens is 232 g/mol. The molecule has 1 aromatic rings. The molecule has 0 aromatic heterocycles. The van der Waals surface area contributed by atoms with Gasteiger partial charge in [-0.1, -0.05) is 49.6 Å². The van der Waals surface area contributed by atoms with Crippen LogP contribution in [-0.4, -0.2) is 23.0 Å². The smallest absolute Gasteiger partial charge is 0.0283 e. The summed E-state index contributed by atoms with van der Waals surface area (Å²) in [6, 6.07) is 11.3. The fourth-order valence-corrected chi connectivity index (χ4v) is 3.06. The highest BCUT2D eigenvalue weighted by atomic mass is 15.2. The van der Waals surface area contributed by atoms with E-state index in [1.165, 1.54) is 37.7 Å². The van der Waals surface area contributed by atoms with Gasteiger partial charge in [-0.05, 0) is 32.3 Å². The molecular formula is C17H28N2. The Hall–Kier alpha value is -0.860. The monoisotopic (exact) mass is 260 g/mol. The van der Waals surface area contributed by atoms with E-state index >= 15 is 0 Å². The predicted molar refractivity (Wildman–Crippen MR) is 82.0 cm³/mol. The average molecular weight is 260 g/mol. The second kappa shape index (κ2) is 6.53. The molecule has 2 nitrogen and oxygen atoms in total. The van der Waals surface area contributed by atoms with Crippen LogP contribution in [-0.2, 0) is 6.54 Å². The molecule has 0 heterocycles. The fourth-order valence-electron chi connectivity index (χ4n) is 3.06. The van der Waals surface area contributed by atoms with Crippen LogP contribution in [0.25, 0.3) is 0 Å². The Balaban J connectivity index is 2.00. The van der Waals surface area contributed by atoms with Gasteiger partial charge in [0.15, 0.2) is 0 Å². The van der Waals surface area contributed by atoms with Gasteiger partial charge in [-0.25, -0.2) is 0 Å². The predicted octanol–water partition coefficient (Wildman–Crippen LogP) is 3.56. The van der Waals surface area contributed by atoms with Crippen LogP contribution < -0.4 is 5.73 Å². The minimum atomic E-state index is 0.0390. The van der Waals surface area contributed by atoms with Crippen LogP contribution in [0.1, 0.15) is 51.5 Å². The maximum Gasteiger partial charge on any atom is 0.0283 e. The Bertz CT molecular complexity index is 366. The summed E-state index contributed by atoms with van der Waals surface area (Å²) in [5, 5.41) is 0. The van der Waals surface area contributed by atoms with E-state index in [1.807, 2.05) is 0 Å². The van der Waals surface area contributed by atoms with E-state index in [0.29, 0.717) is 6.04 Å². The van der Waals surface area contributed by atoms with Gasteiger partial charge in [0.1, 0.15) is 0 Å². The molecule has 0 radical (unpaired) electrons. The first-order chi connectivity index (χ1) is 9.09. The van der Waals surface area contributed by atoms with Gasteiger partial charge in [0.25, 0.3) is 0 Å². The zero-order valence-corrected chi connectivity index (χ0v) is 12.4. The van der Waals surface area contributed by atoms with Gasteiger partial charge in [-0.2, -0.15) is 0 Å². The summed E-state index contributed by atoms with van der Waals surface area (Å²) < 4.78 is 0. The van der Waals surface area contributed by atoms with Crippen LogP contribution in [0.5, 0.6) is 0 Å². The summed E-state index contributed by atoms with van der Waals surface area (Å²) in [6.07, 6.45) is 6.33. The average Bonchev–Trinajstić information content (AvgIpc) is 2.39. The van der Waals surface area contributed by atoms with Crippen molar-refractivity contribution in [2.75, 3.05) is 6.54 Å². The molecule has 1 aliphatic rings. The number of benzene rings is 1. The van der Waals surface area contributed by atoms with Crippen molar-refractivity contribution in [3.05, 3.63) is 35.9 Å². The summed E-state index contributed by atoms with van der Waals surface area (Å²) in [5.41, 5.74) is 8.03. The van der Waals surface area contributed by atoms with E-state index in [-0.39, 0.29) is 5.54 Å². The summed E-state index contributed by atoms with van der Waals surface area (Å²) in [7, 11) is 0. The molecule has 0 atom stereocenters. The minimum absolute atomic E-state index is 0.0390. The highest BCUT2D eigenvalue weighted by Crippen LogP contribution is 2.27. The molecule has 1 fully saturated rings. The molecule has 0 amide bonds. The Labute approximate surface area is 118 Å². The van der Waals surface area contributed by atoms with Gasteiger partial charge in [-0.15, -0.1) is 0 Å². The van der Waals surface area contributed by atoms with Crippen LogP contribution in [0, 0.1) is 0 Å². The zero-order valence-electron chi connectivity index (χ0n) is 12.4. The molecule has 0 saturated heterocycles. The third kappa shape index (κ3) is 4.32. The van der Waals surface area contributed by atoms with E-state index in [2.05, 4.69) is 49.1 Å². The Morgan fingerprint density at radius 1 is 1.11 bits per heavy atom. The molecule has 2 heteroatoms. The molecule has 1 saturated carbocycles. The lowest BCUT2D eigenvalue weighted by molar-refractivity contribution is 0.136. The van der Waals surface area contributed by atoms with E-state index in [1.54, 1.807) is 0 Å². The lowest BCUT2D eigenvalue weighted by atomic mass is 9.82. The molecule has 0 bridgehead atoms. The van der Waals surface area contributed by atoms with Crippen LogP contribution >= 0.6 is 0 Å². The Morgan fingerprint density at radius 2 is 1.74 bits per heavy atom. The van der Waals surface area contributed by atoms with Crippen molar-refractivity contribution >= 4 is 0 Å². The number of hydrogen-bond acceptors (Lipinski definition) is 2. The van der Waals surface area contributed by atoms with Gasteiger partial charge >= 0.3 is 0 Å². The molecule has 2 rings (SSSR count). The topological polar surface area (TPSA) is 29.3 Å². The standard InChI is InChI=1S/C17H28N2/c1-15(2)19(13-16-9-5-3-6-10-16)14-17(18)11-7-4-8-12-17/h3,5-6,9-10,15H,4,7-8,11-14,18H2,1-2H3. The van der Waals surface area contributed by atoms with Crippen molar-refractivity contribution in [2.45, 2.75) is 64.1 Å². The zero-order chi connectivity index (χ0) is 13.7. The normalized spacial score (nSPS) is 19.0. The largest absolute Gasteiger partial charge is 0.324 e. The molecule has 2 N–H and O–H groups in total. The number of rotatable bonds is 5.